The van der Waals surface area contributed by atoms with Crippen LogP contribution in [0, 0.1) is 11.2 Å². The summed E-state index contributed by atoms with van der Waals surface area (Å²) in [5, 5.41) is 10.3. The van der Waals surface area contributed by atoms with Crippen molar-refractivity contribution >= 4 is 11.8 Å². The summed E-state index contributed by atoms with van der Waals surface area (Å²) < 4.78 is 24.5. The van der Waals surface area contributed by atoms with Gasteiger partial charge in [-0.25, -0.2) is 9.18 Å². The number of nitrogen functional groups attached to an aromatic ring is 1. The first-order valence-corrected chi connectivity index (χ1v) is 5.90. The number of nitrogens with two attached hydrogens (primary N) is 1. The van der Waals surface area contributed by atoms with Crippen LogP contribution >= 0.6 is 0 Å². The van der Waals surface area contributed by atoms with Gasteiger partial charge in [0.15, 0.2) is 17.9 Å². The Morgan fingerprint density at radius 1 is 1.60 bits per heavy atom. The number of carbonyl (C=O) groups excluding carboxylic acids is 1. The third-order valence-corrected chi connectivity index (χ3v) is 3.87. The lowest BCUT2D eigenvalue weighted by molar-refractivity contribution is -0.151. The number of hydrogen-bond acceptors (Lipinski definition) is 7. The molecule has 2 fully saturated rings. The standard InChI is InChI=1S/C11H12FN3O5/c1-11-5(3-19-9(11)17)20-8(6(11)16)15-2-4(12)7(13)14-10(15)18/h2,5-6,8,16H,3H2,1H3,(H2,13,14,18)/t5-,6-,8-,11?/m1/s1. The van der Waals surface area contributed by atoms with Gasteiger partial charge in [0.2, 0.25) is 0 Å². The lowest BCUT2D eigenvalue weighted by Crippen LogP contribution is -2.42. The number of ether oxygens (including phenoxy) is 2. The van der Waals surface area contributed by atoms with Gasteiger partial charge in [0.05, 0.1) is 6.20 Å². The number of anilines is 1. The van der Waals surface area contributed by atoms with Gasteiger partial charge in [-0.2, -0.15) is 4.98 Å². The zero-order valence-corrected chi connectivity index (χ0v) is 10.4. The van der Waals surface area contributed by atoms with Crippen LogP contribution in [0.4, 0.5) is 10.2 Å². The predicted molar refractivity (Wildman–Crippen MR) is 61.9 cm³/mol. The van der Waals surface area contributed by atoms with E-state index in [-0.39, 0.29) is 6.61 Å². The fraction of sp³-hybridized carbons (Fsp3) is 0.545. The summed E-state index contributed by atoms with van der Waals surface area (Å²) in [6, 6.07) is 0. The minimum atomic E-state index is -1.36. The number of halogens is 1. The molecule has 0 bridgehead atoms. The summed E-state index contributed by atoms with van der Waals surface area (Å²) in [5.74, 6) is -2.07. The lowest BCUT2D eigenvalue weighted by Gasteiger charge is -2.23. The van der Waals surface area contributed by atoms with Crippen LogP contribution in [0.3, 0.4) is 0 Å². The van der Waals surface area contributed by atoms with Gasteiger partial charge in [-0.1, -0.05) is 0 Å². The van der Waals surface area contributed by atoms with E-state index in [0.717, 1.165) is 10.8 Å². The van der Waals surface area contributed by atoms with Gasteiger partial charge >= 0.3 is 11.7 Å². The summed E-state index contributed by atoms with van der Waals surface area (Å²) in [7, 11) is 0. The van der Waals surface area contributed by atoms with E-state index in [9.17, 15) is 19.1 Å². The summed E-state index contributed by atoms with van der Waals surface area (Å²) in [5.41, 5.74) is 3.03. The molecule has 9 heteroatoms. The Morgan fingerprint density at radius 3 is 2.95 bits per heavy atom. The molecule has 1 unspecified atom stereocenters. The number of nitrogens with zero attached hydrogens (tertiary/aromatic N) is 2. The van der Waals surface area contributed by atoms with Crippen molar-refractivity contribution in [2.45, 2.75) is 25.4 Å². The molecule has 2 saturated heterocycles. The van der Waals surface area contributed by atoms with Gasteiger partial charge in [-0.15, -0.1) is 0 Å². The number of cyclic esters (lactones) is 1. The Bertz CT molecular complexity index is 647. The van der Waals surface area contributed by atoms with Crippen LogP contribution in [-0.2, 0) is 14.3 Å². The monoisotopic (exact) mass is 285 g/mol. The molecular formula is C11H12FN3O5. The van der Waals surface area contributed by atoms with E-state index >= 15 is 0 Å². The average molecular weight is 285 g/mol. The Kier molecular flexibility index (Phi) is 2.60. The van der Waals surface area contributed by atoms with Crippen molar-refractivity contribution in [3.8, 4) is 0 Å². The van der Waals surface area contributed by atoms with Crippen LogP contribution in [-0.4, -0.2) is 39.4 Å². The molecule has 2 aliphatic heterocycles. The fourth-order valence-electron chi connectivity index (χ4n) is 2.50. The third kappa shape index (κ3) is 1.50. The van der Waals surface area contributed by atoms with Crippen molar-refractivity contribution in [2.75, 3.05) is 12.3 Å². The van der Waals surface area contributed by atoms with Gasteiger partial charge in [0.1, 0.15) is 24.2 Å². The molecular weight excluding hydrogens is 273 g/mol. The van der Waals surface area contributed by atoms with E-state index in [0.29, 0.717) is 0 Å². The number of aliphatic hydroxyl groups excluding tert-OH is 1. The lowest BCUT2D eigenvalue weighted by atomic mass is 9.82. The molecule has 8 nitrogen and oxygen atoms in total. The van der Waals surface area contributed by atoms with Crippen molar-refractivity contribution in [1.29, 1.82) is 0 Å². The number of fused-ring (bicyclic) bond motifs is 1. The van der Waals surface area contributed by atoms with Crippen LogP contribution in [0.5, 0.6) is 0 Å². The van der Waals surface area contributed by atoms with Crippen LogP contribution in [0.2, 0.25) is 0 Å². The molecule has 3 rings (SSSR count). The van der Waals surface area contributed by atoms with Crippen molar-refractivity contribution in [1.82, 2.24) is 9.55 Å². The van der Waals surface area contributed by atoms with Crippen LogP contribution in [0.1, 0.15) is 13.2 Å². The van der Waals surface area contributed by atoms with Crippen molar-refractivity contribution in [3.63, 3.8) is 0 Å². The van der Waals surface area contributed by atoms with E-state index in [4.69, 9.17) is 15.2 Å². The molecule has 20 heavy (non-hydrogen) atoms. The predicted octanol–water partition coefficient (Wildman–Crippen LogP) is -1.21. The minimum Gasteiger partial charge on any atom is -0.462 e. The average Bonchev–Trinajstić information content (AvgIpc) is 2.81. The SMILES string of the molecule is CC12C(=O)OC[C@H]1O[C@@H](n1cc(F)c(N)nc1=O)[C@H]2O. The van der Waals surface area contributed by atoms with Crippen LogP contribution in [0.25, 0.3) is 0 Å². The smallest absolute Gasteiger partial charge is 0.351 e. The first-order valence-electron chi connectivity index (χ1n) is 5.90. The number of aliphatic hydroxyl groups is 1. The first-order chi connectivity index (χ1) is 9.35. The normalized spacial score (nSPS) is 36.0. The second-order valence-electron chi connectivity index (χ2n) is 5.01. The molecule has 0 spiro atoms. The van der Waals surface area contributed by atoms with E-state index in [1.807, 2.05) is 0 Å². The Morgan fingerprint density at radius 2 is 2.30 bits per heavy atom. The molecule has 0 aliphatic carbocycles. The van der Waals surface area contributed by atoms with Gasteiger partial charge in [0, 0.05) is 0 Å². The number of hydrogen-bond donors (Lipinski definition) is 2. The molecule has 0 amide bonds. The Hall–Kier alpha value is -2.00. The zero-order valence-electron chi connectivity index (χ0n) is 10.4. The molecule has 3 N–H and O–H groups in total. The van der Waals surface area contributed by atoms with Crippen molar-refractivity contribution in [2.24, 2.45) is 5.41 Å². The molecule has 2 aliphatic rings. The second-order valence-corrected chi connectivity index (χ2v) is 5.01. The van der Waals surface area contributed by atoms with Crippen LogP contribution in [0.15, 0.2) is 11.0 Å². The number of carbonyl (C=O) groups is 1. The second kappa shape index (κ2) is 4.00. The molecule has 3 heterocycles. The molecule has 1 aromatic rings. The molecule has 4 atom stereocenters. The van der Waals surface area contributed by atoms with Gasteiger partial charge in [-0.3, -0.25) is 9.36 Å². The maximum Gasteiger partial charge on any atom is 0.351 e. The van der Waals surface area contributed by atoms with E-state index in [1.54, 1.807) is 0 Å². The molecule has 0 radical (unpaired) electrons. The van der Waals surface area contributed by atoms with Crippen molar-refractivity contribution < 1.29 is 23.8 Å². The molecule has 1 aromatic heterocycles. The van der Waals surface area contributed by atoms with Gasteiger partial charge in [0.25, 0.3) is 0 Å². The maximum atomic E-state index is 13.4. The fourth-order valence-corrected chi connectivity index (χ4v) is 2.50. The number of esters is 1. The van der Waals surface area contributed by atoms with E-state index < -0.39 is 47.1 Å². The van der Waals surface area contributed by atoms with Crippen molar-refractivity contribution in [3.05, 3.63) is 22.5 Å². The quantitative estimate of drug-likeness (QED) is 0.621. The van der Waals surface area contributed by atoms with Crippen LogP contribution < -0.4 is 11.4 Å². The molecule has 108 valence electrons. The zero-order chi connectivity index (χ0) is 14.7. The number of rotatable bonds is 1. The highest BCUT2D eigenvalue weighted by atomic mass is 19.1. The number of aromatic nitrogens is 2. The highest BCUT2D eigenvalue weighted by Gasteiger charge is 2.63. The topological polar surface area (TPSA) is 117 Å². The summed E-state index contributed by atoms with van der Waals surface area (Å²) >= 11 is 0. The Labute approximate surface area is 111 Å². The minimum absolute atomic E-state index is 0.0253. The molecule has 0 aromatic carbocycles. The van der Waals surface area contributed by atoms with E-state index in [1.165, 1.54) is 6.92 Å². The Balaban J connectivity index is 2.04. The largest absolute Gasteiger partial charge is 0.462 e. The summed E-state index contributed by atoms with van der Waals surface area (Å²) in [6.07, 6.45) is -2.48. The first kappa shape index (κ1) is 13.0. The highest BCUT2D eigenvalue weighted by molar-refractivity contribution is 5.80. The maximum absolute atomic E-state index is 13.4. The molecule has 0 saturated carbocycles. The summed E-state index contributed by atoms with van der Waals surface area (Å²) in [6.45, 7) is 1.45. The van der Waals surface area contributed by atoms with Gasteiger partial charge in [-0.05, 0) is 6.92 Å². The third-order valence-electron chi connectivity index (χ3n) is 3.87. The van der Waals surface area contributed by atoms with Gasteiger partial charge < -0.3 is 20.3 Å². The summed E-state index contributed by atoms with van der Waals surface area (Å²) in [4.78, 5) is 26.7. The highest BCUT2D eigenvalue weighted by Crippen LogP contribution is 2.47. The van der Waals surface area contributed by atoms with E-state index in [2.05, 4.69) is 4.98 Å².